The minimum atomic E-state index is -3.76. The third kappa shape index (κ3) is 4.20. The van der Waals surface area contributed by atoms with Crippen LogP contribution >= 0.6 is 0 Å². The number of sulfonamides is 1. The molecule has 1 saturated heterocycles. The molecule has 29 heavy (non-hydrogen) atoms. The van der Waals surface area contributed by atoms with Gasteiger partial charge >= 0.3 is 0 Å². The Morgan fingerprint density at radius 3 is 2.52 bits per heavy atom. The smallest absolute Gasteiger partial charge is 0.243 e. The number of piperidine rings is 1. The predicted molar refractivity (Wildman–Crippen MR) is 106 cm³/mol. The van der Waals surface area contributed by atoms with Gasteiger partial charge in [-0.3, -0.25) is 4.79 Å². The van der Waals surface area contributed by atoms with Crippen molar-refractivity contribution in [1.29, 1.82) is 0 Å². The lowest BCUT2D eigenvalue weighted by Crippen LogP contribution is -2.43. The third-order valence-electron chi connectivity index (χ3n) is 5.80. The van der Waals surface area contributed by atoms with E-state index in [0.717, 1.165) is 37.8 Å². The van der Waals surface area contributed by atoms with E-state index >= 15 is 0 Å². The van der Waals surface area contributed by atoms with Gasteiger partial charge in [0.2, 0.25) is 15.9 Å². The van der Waals surface area contributed by atoms with Gasteiger partial charge < -0.3 is 5.32 Å². The first kappa shape index (κ1) is 20.0. The number of anilines is 1. The number of nitrogens with one attached hydrogen (secondary N) is 1. The Morgan fingerprint density at radius 1 is 1.07 bits per heavy atom. The number of carbonyl (C=O) groups excluding carboxylic acids is 1. The Balaban J connectivity index is 1.45. The van der Waals surface area contributed by atoms with Gasteiger partial charge in [-0.2, -0.15) is 9.40 Å². The quantitative estimate of drug-likeness (QED) is 0.805. The molecule has 9 heteroatoms. The van der Waals surface area contributed by atoms with E-state index in [2.05, 4.69) is 10.4 Å². The molecule has 4 rings (SSSR count). The van der Waals surface area contributed by atoms with Crippen LogP contribution in [0.1, 0.15) is 44.6 Å². The van der Waals surface area contributed by atoms with E-state index in [1.165, 1.54) is 16.4 Å². The van der Waals surface area contributed by atoms with Crippen LogP contribution in [0.25, 0.3) is 0 Å². The van der Waals surface area contributed by atoms with Gasteiger partial charge in [-0.15, -0.1) is 0 Å². The predicted octanol–water partition coefficient (Wildman–Crippen LogP) is 3.18. The number of rotatable bonds is 5. The van der Waals surface area contributed by atoms with Crippen LogP contribution in [0, 0.1) is 11.7 Å². The molecule has 1 aromatic heterocycles. The number of carbonyl (C=O) groups is 1. The summed E-state index contributed by atoms with van der Waals surface area (Å²) in [6, 6.07) is 6.87. The van der Waals surface area contributed by atoms with Gasteiger partial charge in [0.15, 0.2) is 0 Å². The van der Waals surface area contributed by atoms with E-state index in [0.29, 0.717) is 31.2 Å². The second-order valence-corrected chi connectivity index (χ2v) is 9.68. The van der Waals surface area contributed by atoms with Crippen LogP contribution in [0.2, 0.25) is 0 Å². The van der Waals surface area contributed by atoms with Gasteiger partial charge in [-0.25, -0.2) is 17.5 Å². The summed E-state index contributed by atoms with van der Waals surface area (Å²) < 4.78 is 42.1. The molecule has 2 aliphatic rings. The fraction of sp³-hybridized carbons (Fsp3) is 0.500. The lowest BCUT2D eigenvalue weighted by Gasteiger charge is -2.31. The molecule has 156 valence electrons. The molecular weight excluding hydrogens is 395 g/mol. The number of aromatic nitrogens is 2. The summed E-state index contributed by atoms with van der Waals surface area (Å²) >= 11 is 0. The normalized spacial score (nSPS) is 21.3. The van der Waals surface area contributed by atoms with E-state index in [4.69, 9.17) is 0 Å². The Bertz CT molecular complexity index is 968. The average Bonchev–Trinajstić information content (AvgIpc) is 3.40. The Morgan fingerprint density at radius 2 is 1.79 bits per heavy atom. The standard InChI is InChI=1S/C20H25FN4O3S/c21-16-7-9-18(10-8-16)29(27,28)24-13-3-4-15(14-24)20(26)23-19-11-12-22-25(19)17-5-1-2-6-17/h7-12,15,17H,1-6,13-14H2,(H,23,26). The van der Waals surface area contributed by atoms with E-state index in [-0.39, 0.29) is 17.3 Å². The van der Waals surface area contributed by atoms with Crippen LogP contribution in [-0.4, -0.2) is 41.5 Å². The number of amides is 1. The SMILES string of the molecule is O=C(Nc1ccnn1C1CCCC1)C1CCCN(S(=O)(=O)c2ccc(F)cc2)C1. The van der Waals surface area contributed by atoms with Crippen molar-refractivity contribution in [2.24, 2.45) is 5.92 Å². The molecule has 0 bridgehead atoms. The van der Waals surface area contributed by atoms with Crippen molar-refractivity contribution < 1.29 is 17.6 Å². The molecule has 1 aliphatic heterocycles. The van der Waals surface area contributed by atoms with Crippen LogP contribution < -0.4 is 5.32 Å². The summed E-state index contributed by atoms with van der Waals surface area (Å²) in [7, 11) is -3.76. The Hall–Kier alpha value is -2.26. The molecular formula is C20H25FN4O3S. The van der Waals surface area contributed by atoms with Crippen LogP contribution in [0.5, 0.6) is 0 Å². The van der Waals surface area contributed by atoms with Crippen molar-refractivity contribution in [2.75, 3.05) is 18.4 Å². The minimum Gasteiger partial charge on any atom is -0.311 e. The lowest BCUT2D eigenvalue weighted by molar-refractivity contribution is -0.120. The number of hydrogen-bond donors (Lipinski definition) is 1. The van der Waals surface area contributed by atoms with Crippen LogP contribution in [-0.2, 0) is 14.8 Å². The van der Waals surface area contributed by atoms with E-state index < -0.39 is 21.8 Å². The Kier molecular flexibility index (Phi) is 5.69. The highest BCUT2D eigenvalue weighted by atomic mass is 32.2. The topological polar surface area (TPSA) is 84.3 Å². The molecule has 2 heterocycles. The van der Waals surface area contributed by atoms with Gasteiger partial charge in [0.1, 0.15) is 11.6 Å². The molecule has 1 unspecified atom stereocenters. The first-order valence-electron chi connectivity index (χ1n) is 10.1. The highest BCUT2D eigenvalue weighted by molar-refractivity contribution is 7.89. The Labute approximate surface area is 169 Å². The fourth-order valence-electron chi connectivity index (χ4n) is 4.21. The highest BCUT2D eigenvalue weighted by Gasteiger charge is 2.34. The first-order chi connectivity index (χ1) is 13.9. The maximum absolute atomic E-state index is 13.1. The van der Waals surface area contributed by atoms with E-state index in [1.807, 2.05) is 4.68 Å². The minimum absolute atomic E-state index is 0.0410. The zero-order valence-electron chi connectivity index (χ0n) is 16.1. The molecule has 7 nitrogen and oxygen atoms in total. The molecule has 2 aromatic rings. The monoisotopic (exact) mass is 420 g/mol. The summed E-state index contributed by atoms with van der Waals surface area (Å²) in [5, 5.41) is 7.31. The summed E-state index contributed by atoms with van der Waals surface area (Å²) in [5.74, 6) is -0.450. The van der Waals surface area contributed by atoms with Gasteiger partial charge in [0, 0.05) is 19.2 Å². The highest BCUT2D eigenvalue weighted by Crippen LogP contribution is 2.31. The van der Waals surface area contributed by atoms with Gasteiger partial charge in [-0.05, 0) is 49.9 Å². The summed E-state index contributed by atoms with van der Waals surface area (Å²) in [6.45, 7) is 0.465. The third-order valence-corrected chi connectivity index (χ3v) is 7.68. The summed E-state index contributed by atoms with van der Waals surface area (Å²) in [4.78, 5) is 12.9. The molecule has 1 aromatic carbocycles. The van der Waals surface area contributed by atoms with E-state index in [1.54, 1.807) is 12.3 Å². The molecule has 1 saturated carbocycles. The summed E-state index contributed by atoms with van der Waals surface area (Å²) in [6.07, 6.45) is 7.34. The lowest BCUT2D eigenvalue weighted by atomic mass is 9.99. The zero-order chi connectivity index (χ0) is 20.4. The second kappa shape index (κ2) is 8.23. The van der Waals surface area contributed by atoms with E-state index in [9.17, 15) is 17.6 Å². The number of nitrogens with zero attached hydrogens (tertiary/aromatic N) is 3. The van der Waals surface area contributed by atoms with Crippen LogP contribution in [0.15, 0.2) is 41.4 Å². The van der Waals surface area contributed by atoms with Crippen molar-refractivity contribution in [3.63, 3.8) is 0 Å². The number of halogens is 1. The molecule has 0 spiro atoms. The van der Waals surface area contributed by atoms with Crippen LogP contribution in [0.4, 0.5) is 10.2 Å². The maximum Gasteiger partial charge on any atom is 0.243 e. The molecule has 1 aliphatic carbocycles. The summed E-state index contributed by atoms with van der Waals surface area (Å²) in [5.41, 5.74) is 0. The molecule has 0 radical (unpaired) electrons. The number of hydrogen-bond acceptors (Lipinski definition) is 4. The molecule has 1 amide bonds. The first-order valence-corrected chi connectivity index (χ1v) is 11.5. The molecule has 1 N–H and O–H groups in total. The van der Waals surface area contributed by atoms with Crippen molar-refractivity contribution in [2.45, 2.75) is 49.5 Å². The largest absolute Gasteiger partial charge is 0.311 e. The maximum atomic E-state index is 13.1. The van der Waals surface area contributed by atoms with Gasteiger partial charge in [0.05, 0.1) is 23.1 Å². The number of benzene rings is 1. The van der Waals surface area contributed by atoms with Crippen molar-refractivity contribution in [3.05, 3.63) is 42.3 Å². The van der Waals surface area contributed by atoms with Crippen molar-refractivity contribution >= 4 is 21.7 Å². The molecule has 1 atom stereocenters. The molecule has 2 fully saturated rings. The average molecular weight is 421 g/mol. The van der Waals surface area contributed by atoms with Crippen molar-refractivity contribution in [1.82, 2.24) is 14.1 Å². The zero-order valence-corrected chi connectivity index (χ0v) is 16.9. The van der Waals surface area contributed by atoms with Gasteiger partial charge in [0.25, 0.3) is 0 Å². The van der Waals surface area contributed by atoms with Crippen LogP contribution in [0.3, 0.4) is 0 Å². The van der Waals surface area contributed by atoms with Gasteiger partial charge in [-0.1, -0.05) is 12.8 Å². The second-order valence-electron chi connectivity index (χ2n) is 7.74. The van der Waals surface area contributed by atoms with Crippen molar-refractivity contribution in [3.8, 4) is 0 Å². The fourth-order valence-corrected chi connectivity index (χ4v) is 5.74.